The van der Waals surface area contributed by atoms with Crippen molar-refractivity contribution in [3.05, 3.63) is 41.0 Å². The molecule has 0 saturated heterocycles. The van der Waals surface area contributed by atoms with Crippen LogP contribution in [0.3, 0.4) is 0 Å². The number of ether oxygens (including phenoxy) is 1. The van der Waals surface area contributed by atoms with Crippen LogP contribution >= 0.6 is 0 Å². The Bertz CT molecular complexity index is 392. The van der Waals surface area contributed by atoms with Crippen LogP contribution in [0, 0.1) is 6.92 Å². The number of hydrogen-bond donors (Lipinski definition) is 1. The Morgan fingerprint density at radius 3 is 2.65 bits per heavy atom. The Balaban J connectivity index is 2.73. The second-order valence-corrected chi connectivity index (χ2v) is 4.63. The second-order valence-electron chi connectivity index (χ2n) is 4.63. The van der Waals surface area contributed by atoms with Gasteiger partial charge in [0.15, 0.2) is 0 Å². The van der Waals surface area contributed by atoms with Gasteiger partial charge in [0.25, 0.3) is 0 Å². The number of hydrogen-bond acceptors (Lipinski definition) is 2. The average Bonchev–Trinajstić information content (AvgIpc) is 2.29. The lowest BCUT2D eigenvalue weighted by Crippen LogP contribution is -2.12. The van der Waals surface area contributed by atoms with Gasteiger partial charge in [-0.3, -0.25) is 0 Å². The molecule has 0 amide bonds. The molecule has 0 aliphatic heterocycles. The molecule has 1 atom stereocenters. The van der Waals surface area contributed by atoms with Crippen LogP contribution in [-0.4, -0.2) is 13.7 Å². The first-order chi connectivity index (χ1) is 8.04. The van der Waals surface area contributed by atoms with E-state index < -0.39 is 0 Å². The summed E-state index contributed by atoms with van der Waals surface area (Å²) in [5, 5.41) is 3.24. The molecule has 0 fully saturated rings. The molecule has 17 heavy (non-hydrogen) atoms. The molecule has 0 saturated carbocycles. The van der Waals surface area contributed by atoms with Gasteiger partial charge in [0.1, 0.15) is 12.4 Å². The molecule has 2 heteroatoms. The molecule has 1 aromatic carbocycles. The van der Waals surface area contributed by atoms with Crippen molar-refractivity contribution >= 4 is 0 Å². The molecule has 0 spiro atoms. The molecule has 1 N–H and O–H groups in total. The maximum atomic E-state index is 5.72. The Hall–Kier alpha value is -1.28. The molecule has 1 rings (SSSR count). The molecule has 0 heterocycles. The van der Waals surface area contributed by atoms with Crippen molar-refractivity contribution in [3.63, 3.8) is 0 Å². The zero-order valence-corrected chi connectivity index (χ0v) is 11.5. The monoisotopic (exact) mass is 233 g/mol. The van der Waals surface area contributed by atoms with E-state index in [9.17, 15) is 0 Å². The van der Waals surface area contributed by atoms with Gasteiger partial charge in [-0.15, -0.1) is 0 Å². The van der Waals surface area contributed by atoms with E-state index in [4.69, 9.17) is 4.74 Å². The summed E-state index contributed by atoms with van der Waals surface area (Å²) in [6.45, 7) is 9.04. The minimum atomic E-state index is 0.375. The van der Waals surface area contributed by atoms with Crippen LogP contribution < -0.4 is 10.1 Å². The van der Waals surface area contributed by atoms with Crippen LogP contribution in [0.2, 0.25) is 0 Å². The van der Waals surface area contributed by atoms with Crippen LogP contribution in [0.15, 0.2) is 29.8 Å². The molecular formula is C15H23NO. The van der Waals surface area contributed by atoms with Crippen LogP contribution in [0.25, 0.3) is 0 Å². The Kier molecular flexibility index (Phi) is 5.23. The van der Waals surface area contributed by atoms with Crippen LogP contribution in [0.1, 0.15) is 37.9 Å². The molecule has 2 nitrogen and oxygen atoms in total. The topological polar surface area (TPSA) is 21.3 Å². The van der Waals surface area contributed by atoms with Crippen LogP contribution in [0.4, 0.5) is 0 Å². The van der Waals surface area contributed by atoms with Crippen molar-refractivity contribution in [2.45, 2.75) is 33.7 Å². The Morgan fingerprint density at radius 1 is 1.41 bits per heavy atom. The van der Waals surface area contributed by atoms with Gasteiger partial charge in [0.05, 0.1) is 0 Å². The summed E-state index contributed by atoms with van der Waals surface area (Å²) in [6, 6.07) is 6.73. The van der Waals surface area contributed by atoms with Crippen molar-refractivity contribution in [2.75, 3.05) is 13.7 Å². The number of benzene rings is 1. The molecule has 94 valence electrons. The lowest BCUT2D eigenvalue weighted by molar-refractivity contribution is 0.359. The van der Waals surface area contributed by atoms with Gasteiger partial charge >= 0.3 is 0 Å². The van der Waals surface area contributed by atoms with Gasteiger partial charge < -0.3 is 10.1 Å². The predicted octanol–water partition coefficient (Wildman–Crippen LogP) is 3.62. The van der Waals surface area contributed by atoms with E-state index in [0.29, 0.717) is 12.6 Å². The number of nitrogens with one attached hydrogen (secondary N) is 1. The highest BCUT2D eigenvalue weighted by molar-refractivity contribution is 5.37. The summed E-state index contributed by atoms with van der Waals surface area (Å²) in [4.78, 5) is 0. The third-order valence-electron chi connectivity index (χ3n) is 2.86. The summed E-state index contributed by atoms with van der Waals surface area (Å²) in [6.07, 6.45) is 2.09. The van der Waals surface area contributed by atoms with Gasteiger partial charge in [-0.1, -0.05) is 17.7 Å². The van der Waals surface area contributed by atoms with Gasteiger partial charge in [-0.2, -0.15) is 0 Å². The highest BCUT2D eigenvalue weighted by Gasteiger charge is 2.05. The minimum absolute atomic E-state index is 0.375. The van der Waals surface area contributed by atoms with E-state index in [1.807, 2.05) is 7.05 Å². The fraction of sp³-hybridized carbons (Fsp3) is 0.467. The SMILES string of the molecule is CNC(C)c1ccc(OCC=C(C)C)c(C)c1. The van der Waals surface area contributed by atoms with Crippen molar-refractivity contribution in [3.8, 4) is 5.75 Å². The fourth-order valence-electron chi connectivity index (χ4n) is 1.57. The Labute approximate surface area is 105 Å². The quantitative estimate of drug-likeness (QED) is 0.784. The molecule has 0 aromatic heterocycles. The van der Waals surface area contributed by atoms with E-state index in [-0.39, 0.29) is 0 Å². The highest BCUT2D eigenvalue weighted by atomic mass is 16.5. The lowest BCUT2D eigenvalue weighted by atomic mass is 10.1. The average molecular weight is 233 g/mol. The van der Waals surface area contributed by atoms with E-state index in [2.05, 4.69) is 57.3 Å². The van der Waals surface area contributed by atoms with Gasteiger partial charge in [-0.05, 0) is 58.0 Å². The van der Waals surface area contributed by atoms with Gasteiger partial charge in [0.2, 0.25) is 0 Å². The Morgan fingerprint density at radius 2 is 2.12 bits per heavy atom. The maximum absolute atomic E-state index is 5.72. The van der Waals surface area contributed by atoms with Crippen LogP contribution in [-0.2, 0) is 0 Å². The standard InChI is InChI=1S/C15H23NO/c1-11(2)8-9-17-15-7-6-14(10-12(15)3)13(4)16-5/h6-8,10,13,16H,9H2,1-5H3. The summed E-state index contributed by atoms with van der Waals surface area (Å²) in [5.74, 6) is 0.967. The normalized spacial score (nSPS) is 12.1. The molecule has 0 aliphatic carbocycles. The third-order valence-corrected chi connectivity index (χ3v) is 2.86. The first-order valence-corrected chi connectivity index (χ1v) is 6.08. The minimum Gasteiger partial charge on any atom is -0.489 e. The molecule has 0 bridgehead atoms. The first kappa shape index (κ1) is 13.8. The largest absolute Gasteiger partial charge is 0.489 e. The van der Waals surface area contributed by atoms with E-state index in [0.717, 1.165) is 5.75 Å². The summed E-state index contributed by atoms with van der Waals surface area (Å²) < 4.78 is 5.72. The summed E-state index contributed by atoms with van der Waals surface area (Å²) in [7, 11) is 1.97. The summed E-state index contributed by atoms with van der Waals surface area (Å²) in [5.41, 5.74) is 3.76. The highest BCUT2D eigenvalue weighted by Crippen LogP contribution is 2.22. The third kappa shape index (κ3) is 4.23. The summed E-state index contributed by atoms with van der Waals surface area (Å²) >= 11 is 0. The smallest absolute Gasteiger partial charge is 0.122 e. The van der Waals surface area contributed by atoms with E-state index in [1.54, 1.807) is 0 Å². The first-order valence-electron chi connectivity index (χ1n) is 6.08. The molecule has 1 aromatic rings. The fourth-order valence-corrected chi connectivity index (χ4v) is 1.57. The second kappa shape index (κ2) is 6.45. The van der Waals surface area contributed by atoms with Crippen molar-refractivity contribution in [2.24, 2.45) is 0 Å². The maximum Gasteiger partial charge on any atom is 0.122 e. The van der Waals surface area contributed by atoms with Crippen molar-refractivity contribution in [1.82, 2.24) is 5.32 Å². The zero-order valence-electron chi connectivity index (χ0n) is 11.5. The zero-order chi connectivity index (χ0) is 12.8. The van der Waals surface area contributed by atoms with Gasteiger partial charge in [0, 0.05) is 6.04 Å². The molecule has 1 unspecified atom stereocenters. The molecule has 0 aliphatic rings. The molecular weight excluding hydrogens is 210 g/mol. The van der Waals surface area contributed by atoms with Crippen molar-refractivity contribution < 1.29 is 4.74 Å². The van der Waals surface area contributed by atoms with E-state index in [1.165, 1.54) is 16.7 Å². The van der Waals surface area contributed by atoms with Crippen LogP contribution in [0.5, 0.6) is 5.75 Å². The predicted molar refractivity (Wildman–Crippen MR) is 73.6 cm³/mol. The number of aryl methyl sites for hydroxylation is 1. The van der Waals surface area contributed by atoms with Gasteiger partial charge in [-0.25, -0.2) is 0 Å². The van der Waals surface area contributed by atoms with Crippen molar-refractivity contribution in [1.29, 1.82) is 0 Å². The lowest BCUT2D eigenvalue weighted by Gasteiger charge is -2.14. The molecule has 0 radical (unpaired) electrons. The number of allylic oxidation sites excluding steroid dienone is 1. The number of rotatable bonds is 5. The van der Waals surface area contributed by atoms with E-state index >= 15 is 0 Å².